The van der Waals surface area contributed by atoms with E-state index in [-0.39, 0.29) is 17.6 Å². The molecular formula is C25H24O5. The molecule has 1 saturated carbocycles. The Morgan fingerprint density at radius 3 is 2.13 bits per heavy atom. The zero-order valence-electron chi connectivity index (χ0n) is 17.0. The van der Waals surface area contributed by atoms with E-state index in [1.807, 2.05) is 48.6 Å². The number of esters is 2. The van der Waals surface area contributed by atoms with E-state index in [0.29, 0.717) is 17.5 Å². The Kier molecular flexibility index (Phi) is 5.29. The average Bonchev–Trinajstić information content (AvgIpc) is 3.40. The van der Waals surface area contributed by atoms with Gasteiger partial charge in [-0.2, -0.15) is 0 Å². The van der Waals surface area contributed by atoms with Gasteiger partial charge in [0.15, 0.2) is 5.78 Å². The summed E-state index contributed by atoms with van der Waals surface area (Å²) in [7, 11) is 2.62. The average molecular weight is 404 g/mol. The van der Waals surface area contributed by atoms with Gasteiger partial charge in [0.05, 0.1) is 26.1 Å². The molecule has 1 fully saturated rings. The lowest BCUT2D eigenvalue weighted by Gasteiger charge is -2.43. The number of allylic oxidation sites excluding steroid dienone is 2. The summed E-state index contributed by atoms with van der Waals surface area (Å²) < 4.78 is 10.4. The Balaban J connectivity index is 1.98. The molecule has 2 aliphatic rings. The third-order valence-electron chi connectivity index (χ3n) is 6.60. The van der Waals surface area contributed by atoms with Gasteiger partial charge in [-0.1, -0.05) is 72.8 Å². The molecule has 0 heterocycles. The third-order valence-corrected chi connectivity index (χ3v) is 6.60. The maximum absolute atomic E-state index is 13.9. The molecule has 5 heteroatoms. The maximum Gasteiger partial charge on any atom is 0.314 e. The predicted molar refractivity (Wildman–Crippen MR) is 111 cm³/mol. The van der Waals surface area contributed by atoms with Crippen LogP contribution in [0.5, 0.6) is 0 Å². The Morgan fingerprint density at radius 2 is 1.53 bits per heavy atom. The lowest BCUT2D eigenvalue weighted by Crippen LogP contribution is -2.52. The Bertz CT molecular complexity index is 981. The summed E-state index contributed by atoms with van der Waals surface area (Å²) in [6, 6.07) is 18.1. The van der Waals surface area contributed by atoms with Crippen molar-refractivity contribution < 1.29 is 23.9 Å². The van der Waals surface area contributed by atoms with Crippen molar-refractivity contribution in [1.82, 2.24) is 0 Å². The molecule has 2 aromatic carbocycles. The number of ketones is 1. The van der Waals surface area contributed by atoms with Crippen LogP contribution in [0.15, 0.2) is 72.8 Å². The van der Waals surface area contributed by atoms with E-state index in [1.54, 1.807) is 24.3 Å². The first kappa shape index (κ1) is 20.1. The van der Waals surface area contributed by atoms with Gasteiger partial charge in [-0.05, 0) is 23.8 Å². The quantitative estimate of drug-likeness (QED) is 0.416. The zero-order valence-corrected chi connectivity index (χ0v) is 17.0. The largest absolute Gasteiger partial charge is 0.469 e. The highest BCUT2D eigenvalue weighted by molar-refractivity contribution is 6.06. The molecule has 0 spiro atoms. The van der Waals surface area contributed by atoms with Gasteiger partial charge in [0.2, 0.25) is 0 Å². The van der Waals surface area contributed by atoms with Gasteiger partial charge in [-0.25, -0.2) is 0 Å². The van der Waals surface area contributed by atoms with Crippen LogP contribution in [0, 0.1) is 23.2 Å². The molecule has 154 valence electrons. The van der Waals surface area contributed by atoms with Crippen molar-refractivity contribution in [2.45, 2.75) is 12.3 Å². The summed E-state index contributed by atoms with van der Waals surface area (Å²) in [5, 5.41) is 0. The zero-order chi connectivity index (χ0) is 21.3. The minimum absolute atomic E-state index is 0.170. The van der Waals surface area contributed by atoms with E-state index in [2.05, 4.69) is 0 Å². The SMILES string of the molecule is COC(=O)[C@@H]1[C@H]2C=C[C@H](C2)[C@]1(C(=O)OC)C(C(=O)c1ccccc1)c1ccccc1. The van der Waals surface area contributed by atoms with E-state index in [4.69, 9.17) is 9.47 Å². The number of hydrogen-bond acceptors (Lipinski definition) is 5. The monoisotopic (exact) mass is 404 g/mol. The summed E-state index contributed by atoms with van der Waals surface area (Å²) in [5.74, 6) is -3.37. The van der Waals surface area contributed by atoms with E-state index < -0.39 is 29.2 Å². The second-order valence-electron chi connectivity index (χ2n) is 7.89. The molecule has 0 radical (unpaired) electrons. The van der Waals surface area contributed by atoms with Crippen LogP contribution in [0.4, 0.5) is 0 Å². The van der Waals surface area contributed by atoms with Gasteiger partial charge in [-0.3, -0.25) is 14.4 Å². The number of hydrogen-bond donors (Lipinski definition) is 0. The van der Waals surface area contributed by atoms with Crippen LogP contribution in [0.1, 0.15) is 28.3 Å². The fraction of sp³-hybridized carbons (Fsp3) is 0.320. The lowest BCUT2D eigenvalue weighted by atomic mass is 9.57. The first-order valence-corrected chi connectivity index (χ1v) is 10.0. The molecule has 30 heavy (non-hydrogen) atoms. The van der Waals surface area contributed by atoms with Gasteiger partial charge in [0.25, 0.3) is 0 Å². The van der Waals surface area contributed by atoms with Gasteiger partial charge >= 0.3 is 11.9 Å². The molecule has 2 bridgehead atoms. The van der Waals surface area contributed by atoms with Gasteiger partial charge in [0, 0.05) is 5.56 Å². The number of benzene rings is 2. The van der Waals surface area contributed by atoms with Crippen LogP contribution in [-0.4, -0.2) is 31.9 Å². The summed E-state index contributed by atoms with van der Waals surface area (Å²) >= 11 is 0. The normalized spacial score (nSPS) is 27.5. The number of carbonyl (C=O) groups is 3. The van der Waals surface area contributed by atoms with Gasteiger partial charge in [-0.15, -0.1) is 0 Å². The fourth-order valence-corrected chi connectivity index (χ4v) is 5.44. The van der Waals surface area contributed by atoms with Crippen molar-refractivity contribution in [3.63, 3.8) is 0 Å². The van der Waals surface area contributed by atoms with Crippen LogP contribution < -0.4 is 0 Å². The second-order valence-corrected chi connectivity index (χ2v) is 7.89. The molecule has 0 N–H and O–H groups in total. The first-order chi connectivity index (χ1) is 14.6. The van der Waals surface area contributed by atoms with Gasteiger partial charge in [0.1, 0.15) is 5.41 Å². The molecule has 4 rings (SSSR count). The summed E-state index contributed by atoms with van der Waals surface area (Å²) in [6.07, 6.45) is 4.53. The highest BCUT2D eigenvalue weighted by atomic mass is 16.5. The van der Waals surface area contributed by atoms with E-state index in [1.165, 1.54) is 14.2 Å². The van der Waals surface area contributed by atoms with Crippen LogP contribution in [0.3, 0.4) is 0 Å². The number of fused-ring (bicyclic) bond motifs is 2. The van der Waals surface area contributed by atoms with Crippen molar-refractivity contribution in [1.29, 1.82) is 0 Å². The molecule has 5 nitrogen and oxygen atoms in total. The predicted octanol–water partition coefficient (Wildman–Crippen LogP) is 3.81. The molecule has 0 saturated heterocycles. The van der Waals surface area contributed by atoms with E-state index in [0.717, 1.165) is 0 Å². The molecular weight excluding hydrogens is 380 g/mol. The summed E-state index contributed by atoms with van der Waals surface area (Å²) in [5.41, 5.74) is -0.188. The van der Waals surface area contributed by atoms with Crippen molar-refractivity contribution in [3.8, 4) is 0 Å². The number of Topliss-reactive ketones (excluding diaryl/α,β-unsaturated/α-hetero) is 1. The Labute approximate surface area is 175 Å². The minimum Gasteiger partial charge on any atom is -0.469 e. The maximum atomic E-state index is 13.9. The van der Waals surface area contributed by atoms with E-state index >= 15 is 0 Å². The molecule has 2 aromatic rings. The summed E-state index contributed by atoms with van der Waals surface area (Å²) in [4.78, 5) is 40.4. The Morgan fingerprint density at radius 1 is 0.900 bits per heavy atom. The highest BCUT2D eigenvalue weighted by Gasteiger charge is 2.69. The highest BCUT2D eigenvalue weighted by Crippen LogP contribution is 2.63. The molecule has 0 aromatic heterocycles. The Hall–Kier alpha value is -3.21. The number of ether oxygens (including phenoxy) is 2. The molecule has 2 aliphatic carbocycles. The topological polar surface area (TPSA) is 69.7 Å². The van der Waals surface area contributed by atoms with Gasteiger partial charge < -0.3 is 9.47 Å². The summed E-state index contributed by atoms with van der Waals surface area (Å²) in [6.45, 7) is 0. The van der Waals surface area contributed by atoms with Crippen LogP contribution in [-0.2, 0) is 19.1 Å². The lowest BCUT2D eigenvalue weighted by molar-refractivity contribution is -0.169. The van der Waals surface area contributed by atoms with Crippen molar-refractivity contribution in [2.24, 2.45) is 23.2 Å². The molecule has 0 amide bonds. The molecule has 1 unspecified atom stereocenters. The first-order valence-electron chi connectivity index (χ1n) is 10.0. The molecule has 5 atom stereocenters. The van der Waals surface area contributed by atoms with Crippen LogP contribution in [0.25, 0.3) is 0 Å². The van der Waals surface area contributed by atoms with E-state index in [9.17, 15) is 14.4 Å². The number of rotatable bonds is 6. The van der Waals surface area contributed by atoms with Crippen molar-refractivity contribution in [3.05, 3.63) is 83.9 Å². The fourth-order valence-electron chi connectivity index (χ4n) is 5.44. The smallest absolute Gasteiger partial charge is 0.314 e. The number of carbonyl (C=O) groups excluding carboxylic acids is 3. The number of methoxy groups -OCH3 is 2. The van der Waals surface area contributed by atoms with Crippen molar-refractivity contribution >= 4 is 17.7 Å². The third kappa shape index (κ3) is 2.88. The van der Waals surface area contributed by atoms with Crippen molar-refractivity contribution in [2.75, 3.05) is 14.2 Å². The second kappa shape index (κ2) is 7.90. The molecule has 0 aliphatic heterocycles. The standard InChI is InChI=1S/C25H24O5/c1-29-23(27)21-18-13-14-19(15-18)25(21,24(28)30-2)20(16-9-5-3-6-10-16)22(26)17-11-7-4-8-12-17/h3-14,18-21H,15H2,1-2H3/t18-,19+,20?,21-,25-/m0/s1. The van der Waals surface area contributed by atoms with Crippen LogP contribution in [0.2, 0.25) is 0 Å². The minimum atomic E-state index is -1.37. The van der Waals surface area contributed by atoms with Crippen LogP contribution >= 0.6 is 0 Å².